The van der Waals surface area contributed by atoms with Gasteiger partial charge in [0.05, 0.1) is 0 Å². The molecular formula is C26H26ClNO3. The fourth-order valence-electron chi connectivity index (χ4n) is 3.69. The number of ether oxygens (including phenoxy) is 2. The third-order valence-corrected chi connectivity index (χ3v) is 5.53. The Balaban J connectivity index is 1.29. The quantitative estimate of drug-likeness (QED) is 0.525. The highest BCUT2D eigenvalue weighted by Crippen LogP contribution is 2.41. The number of hydrogen-bond acceptors (Lipinski definition) is 3. The predicted molar refractivity (Wildman–Crippen MR) is 123 cm³/mol. The number of carbonyl (C=O) groups is 1. The van der Waals surface area contributed by atoms with E-state index in [-0.39, 0.29) is 11.5 Å². The molecule has 0 aromatic heterocycles. The molecule has 0 fully saturated rings. The molecule has 1 heterocycles. The molecule has 0 aliphatic carbocycles. The van der Waals surface area contributed by atoms with Gasteiger partial charge in [-0.1, -0.05) is 48.0 Å². The van der Waals surface area contributed by atoms with E-state index in [2.05, 4.69) is 25.2 Å². The van der Waals surface area contributed by atoms with E-state index in [4.69, 9.17) is 21.1 Å². The van der Waals surface area contributed by atoms with E-state index in [1.165, 1.54) is 5.56 Å². The standard InChI is InChI=1S/C26H26ClNO3/c1-26(2)16-21-4-3-5-23(24(21)31-26)30-17-19-6-10-20(11-7-19)25(29)28-15-14-18-8-12-22(27)13-9-18/h3-13H,14-17H2,1-2H3,(H,28,29). The number of carbonyl (C=O) groups excluding carboxylic acids is 1. The van der Waals surface area contributed by atoms with Crippen molar-refractivity contribution in [1.82, 2.24) is 5.32 Å². The van der Waals surface area contributed by atoms with Gasteiger partial charge in [-0.05, 0) is 61.7 Å². The fourth-order valence-corrected chi connectivity index (χ4v) is 3.81. The number of para-hydroxylation sites is 1. The summed E-state index contributed by atoms with van der Waals surface area (Å²) in [5, 5.41) is 3.67. The SMILES string of the molecule is CC1(C)Cc2cccc(OCc3ccc(C(=O)NCCc4ccc(Cl)cc4)cc3)c2O1. The second kappa shape index (κ2) is 9.03. The van der Waals surface area contributed by atoms with Crippen molar-refractivity contribution in [2.45, 2.75) is 38.9 Å². The summed E-state index contributed by atoms with van der Waals surface area (Å²) in [5.74, 6) is 1.51. The molecule has 4 rings (SSSR count). The van der Waals surface area contributed by atoms with Crippen LogP contribution in [0.1, 0.15) is 40.9 Å². The Morgan fingerprint density at radius 1 is 1.03 bits per heavy atom. The number of amides is 1. The maximum Gasteiger partial charge on any atom is 0.251 e. The zero-order valence-corrected chi connectivity index (χ0v) is 18.5. The van der Waals surface area contributed by atoms with E-state index in [0.29, 0.717) is 23.7 Å². The summed E-state index contributed by atoms with van der Waals surface area (Å²) < 4.78 is 12.1. The largest absolute Gasteiger partial charge is 0.485 e. The molecule has 160 valence electrons. The van der Waals surface area contributed by atoms with E-state index in [0.717, 1.165) is 35.5 Å². The zero-order valence-electron chi connectivity index (χ0n) is 17.8. The molecule has 0 saturated heterocycles. The fraction of sp³-hybridized carbons (Fsp3) is 0.269. The molecule has 31 heavy (non-hydrogen) atoms. The van der Waals surface area contributed by atoms with Gasteiger partial charge in [0.1, 0.15) is 12.2 Å². The van der Waals surface area contributed by atoms with Crippen LogP contribution in [0.15, 0.2) is 66.7 Å². The van der Waals surface area contributed by atoms with Crippen LogP contribution < -0.4 is 14.8 Å². The van der Waals surface area contributed by atoms with Crippen LogP contribution in [0, 0.1) is 0 Å². The maximum absolute atomic E-state index is 12.4. The second-order valence-electron chi connectivity index (χ2n) is 8.40. The Bertz CT molecular complexity index is 1060. The number of rotatable bonds is 7. The third-order valence-electron chi connectivity index (χ3n) is 5.28. The molecule has 1 aliphatic rings. The Kier molecular flexibility index (Phi) is 6.19. The molecule has 0 saturated carbocycles. The van der Waals surface area contributed by atoms with E-state index < -0.39 is 0 Å². The highest BCUT2D eigenvalue weighted by atomic mass is 35.5. The molecule has 4 nitrogen and oxygen atoms in total. The Labute approximate surface area is 188 Å². The summed E-state index contributed by atoms with van der Waals surface area (Å²) in [4.78, 5) is 12.4. The molecule has 1 aliphatic heterocycles. The minimum absolute atomic E-state index is 0.0852. The summed E-state index contributed by atoms with van der Waals surface area (Å²) in [6, 6.07) is 21.2. The molecule has 1 amide bonds. The minimum atomic E-state index is -0.204. The summed E-state index contributed by atoms with van der Waals surface area (Å²) in [6.07, 6.45) is 1.64. The monoisotopic (exact) mass is 435 g/mol. The van der Waals surface area contributed by atoms with Gasteiger partial charge in [-0.2, -0.15) is 0 Å². The Morgan fingerprint density at radius 2 is 1.74 bits per heavy atom. The smallest absolute Gasteiger partial charge is 0.251 e. The van der Waals surface area contributed by atoms with E-state index in [1.54, 1.807) is 0 Å². The van der Waals surface area contributed by atoms with Crippen LogP contribution in [0.25, 0.3) is 0 Å². The lowest BCUT2D eigenvalue weighted by molar-refractivity contribution is 0.0954. The molecule has 0 radical (unpaired) electrons. The van der Waals surface area contributed by atoms with Crippen molar-refractivity contribution < 1.29 is 14.3 Å². The topological polar surface area (TPSA) is 47.6 Å². The lowest BCUT2D eigenvalue weighted by atomic mass is 10.0. The van der Waals surface area contributed by atoms with Gasteiger partial charge < -0.3 is 14.8 Å². The number of halogens is 1. The van der Waals surface area contributed by atoms with Crippen molar-refractivity contribution in [2.24, 2.45) is 0 Å². The van der Waals surface area contributed by atoms with Gasteiger partial charge in [0.25, 0.3) is 5.91 Å². The van der Waals surface area contributed by atoms with Gasteiger partial charge in [-0.25, -0.2) is 0 Å². The Morgan fingerprint density at radius 3 is 2.48 bits per heavy atom. The van der Waals surface area contributed by atoms with Crippen molar-refractivity contribution >= 4 is 17.5 Å². The van der Waals surface area contributed by atoms with Crippen molar-refractivity contribution in [2.75, 3.05) is 6.54 Å². The molecule has 5 heteroatoms. The van der Waals surface area contributed by atoms with Crippen LogP contribution in [0.3, 0.4) is 0 Å². The summed E-state index contributed by atoms with van der Waals surface area (Å²) in [5.41, 5.74) is 3.73. The van der Waals surface area contributed by atoms with Crippen molar-refractivity contribution in [1.29, 1.82) is 0 Å². The van der Waals surface area contributed by atoms with Gasteiger partial charge in [0.15, 0.2) is 11.5 Å². The molecule has 3 aromatic rings. The van der Waals surface area contributed by atoms with Crippen LogP contribution in [0.5, 0.6) is 11.5 Å². The zero-order chi connectivity index (χ0) is 21.8. The highest BCUT2D eigenvalue weighted by Gasteiger charge is 2.32. The molecular weight excluding hydrogens is 410 g/mol. The van der Waals surface area contributed by atoms with Crippen LogP contribution in [0.2, 0.25) is 5.02 Å². The summed E-state index contributed by atoms with van der Waals surface area (Å²) in [7, 11) is 0. The molecule has 1 N–H and O–H groups in total. The predicted octanol–water partition coefficient (Wildman–Crippen LogP) is 5.61. The average Bonchev–Trinajstić information content (AvgIpc) is 3.08. The van der Waals surface area contributed by atoms with Gasteiger partial charge in [-0.15, -0.1) is 0 Å². The molecule has 0 atom stereocenters. The summed E-state index contributed by atoms with van der Waals surface area (Å²) >= 11 is 5.90. The first kappa shape index (κ1) is 21.3. The normalized spacial score (nSPS) is 13.9. The Hall–Kier alpha value is -2.98. The first-order valence-electron chi connectivity index (χ1n) is 10.4. The van der Waals surface area contributed by atoms with E-state index in [9.17, 15) is 4.79 Å². The van der Waals surface area contributed by atoms with Gasteiger partial charge in [0.2, 0.25) is 0 Å². The van der Waals surface area contributed by atoms with Crippen molar-refractivity contribution in [3.8, 4) is 11.5 Å². The van der Waals surface area contributed by atoms with Gasteiger partial charge in [0, 0.05) is 29.1 Å². The molecule has 0 bridgehead atoms. The van der Waals surface area contributed by atoms with Crippen LogP contribution >= 0.6 is 11.6 Å². The number of hydrogen-bond donors (Lipinski definition) is 1. The lowest BCUT2D eigenvalue weighted by Gasteiger charge is -2.18. The maximum atomic E-state index is 12.4. The van der Waals surface area contributed by atoms with E-state index in [1.807, 2.05) is 60.7 Å². The van der Waals surface area contributed by atoms with Crippen LogP contribution in [-0.2, 0) is 19.4 Å². The first-order chi connectivity index (χ1) is 14.9. The molecule has 3 aromatic carbocycles. The minimum Gasteiger partial charge on any atom is -0.485 e. The summed E-state index contributed by atoms with van der Waals surface area (Å²) in [6.45, 7) is 5.14. The number of fused-ring (bicyclic) bond motifs is 1. The van der Waals surface area contributed by atoms with Crippen LogP contribution in [0.4, 0.5) is 0 Å². The molecule has 0 spiro atoms. The lowest BCUT2D eigenvalue weighted by Crippen LogP contribution is -2.25. The number of benzene rings is 3. The molecule has 0 unspecified atom stereocenters. The van der Waals surface area contributed by atoms with Gasteiger partial charge in [-0.3, -0.25) is 4.79 Å². The van der Waals surface area contributed by atoms with Crippen molar-refractivity contribution in [3.63, 3.8) is 0 Å². The average molecular weight is 436 g/mol. The highest BCUT2D eigenvalue weighted by molar-refractivity contribution is 6.30. The van der Waals surface area contributed by atoms with E-state index >= 15 is 0 Å². The van der Waals surface area contributed by atoms with Crippen molar-refractivity contribution in [3.05, 3.63) is 94.0 Å². The first-order valence-corrected chi connectivity index (χ1v) is 10.8. The van der Waals surface area contributed by atoms with Gasteiger partial charge >= 0.3 is 0 Å². The third kappa shape index (κ3) is 5.39. The second-order valence-corrected chi connectivity index (χ2v) is 8.84. The van der Waals surface area contributed by atoms with Crippen LogP contribution in [-0.4, -0.2) is 18.1 Å². The number of nitrogens with one attached hydrogen (secondary N) is 1.